The average Bonchev–Trinajstić information content (AvgIpc) is 2.83. The highest BCUT2D eigenvalue weighted by Gasteiger charge is 2.25. The number of carbonyl (C=O) groups is 1. The van der Waals surface area contributed by atoms with Crippen molar-refractivity contribution in [3.63, 3.8) is 0 Å². The van der Waals surface area contributed by atoms with Gasteiger partial charge in [0.1, 0.15) is 35.1 Å². The maximum Gasteiger partial charge on any atom is 0.254 e. The van der Waals surface area contributed by atoms with Gasteiger partial charge in [-0.25, -0.2) is 15.0 Å². The number of rotatable bonds is 5. The first-order valence-corrected chi connectivity index (χ1v) is 9.88. The van der Waals surface area contributed by atoms with E-state index in [0.717, 1.165) is 5.56 Å². The van der Waals surface area contributed by atoms with Crippen molar-refractivity contribution in [2.24, 2.45) is 0 Å². The van der Waals surface area contributed by atoms with E-state index >= 15 is 0 Å². The molecule has 0 fully saturated rings. The van der Waals surface area contributed by atoms with Crippen molar-refractivity contribution in [1.29, 1.82) is 5.26 Å². The van der Waals surface area contributed by atoms with Gasteiger partial charge >= 0.3 is 0 Å². The highest BCUT2D eigenvalue weighted by Crippen LogP contribution is 2.35. The summed E-state index contributed by atoms with van der Waals surface area (Å²) in [5.41, 5.74) is 9.57. The van der Waals surface area contributed by atoms with E-state index in [0.29, 0.717) is 33.7 Å². The molecule has 3 aromatic heterocycles. The lowest BCUT2D eigenvalue weighted by Gasteiger charge is -2.21. The van der Waals surface area contributed by atoms with Gasteiger partial charge in [0, 0.05) is 18.8 Å². The first-order chi connectivity index (χ1) is 15.5. The third-order valence-corrected chi connectivity index (χ3v) is 5.04. The van der Waals surface area contributed by atoms with Crippen LogP contribution < -0.4 is 16.4 Å². The lowest BCUT2D eigenvalue weighted by Crippen LogP contribution is -2.22. The molecule has 1 atom stereocenters. The molecule has 32 heavy (non-hydrogen) atoms. The number of carbonyl (C=O) groups excluding carboxylic acids is 1. The smallest absolute Gasteiger partial charge is 0.254 e. The highest BCUT2D eigenvalue weighted by atomic mass is 16.1. The summed E-state index contributed by atoms with van der Waals surface area (Å²) in [6, 6.07) is 14.7. The Kier molecular flexibility index (Phi) is 5.59. The molecule has 3 heterocycles. The second-order valence-electron chi connectivity index (χ2n) is 7.02. The Balaban J connectivity index is 1.97. The second kappa shape index (κ2) is 8.65. The summed E-state index contributed by atoms with van der Waals surface area (Å²) in [7, 11) is 1.58. The minimum Gasteiger partial charge on any atom is -0.382 e. The molecule has 1 amide bonds. The number of nitrogens with zero attached hydrogens (tertiary/aromatic N) is 5. The van der Waals surface area contributed by atoms with Crippen LogP contribution in [-0.4, -0.2) is 32.9 Å². The molecule has 4 aromatic rings. The minimum absolute atomic E-state index is 0.0854. The van der Waals surface area contributed by atoms with Crippen LogP contribution in [0, 0.1) is 11.3 Å². The zero-order valence-electron chi connectivity index (χ0n) is 17.5. The zero-order valence-corrected chi connectivity index (χ0v) is 17.5. The Hall–Kier alpha value is -4.58. The molecular formula is C23H20N8O. The van der Waals surface area contributed by atoms with Gasteiger partial charge in [-0.05, 0) is 24.6 Å². The van der Waals surface area contributed by atoms with Gasteiger partial charge in [0.05, 0.1) is 22.8 Å². The quantitative estimate of drug-likeness (QED) is 0.444. The number of fused-ring (bicyclic) bond motifs is 1. The number of nitriles is 1. The molecule has 0 aliphatic heterocycles. The molecule has 0 bridgehead atoms. The molecule has 0 saturated heterocycles. The van der Waals surface area contributed by atoms with Gasteiger partial charge in [0.25, 0.3) is 5.91 Å². The molecule has 0 aliphatic carbocycles. The molecular weight excluding hydrogens is 404 g/mol. The van der Waals surface area contributed by atoms with E-state index in [2.05, 4.69) is 25.6 Å². The van der Waals surface area contributed by atoms with Crippen LogP contribution in [0.2, 0.25) is 0 Å². The van der Waals surface area contributed by atoms with Crippen LogP contribution >= 0.6 is 0 Å². The van der Waals surface area contributed by atoms with E-state index in [1.165, 1.54) is 6.33 Å². The number of anilines is 2. The normalized spacial score (nSPS) is 11.5. The highest BCUT2D eigenvalue weighted by molar-refractivity contribution is 6.10. The maximum absolute atomic E-state index is 13.0. The summed E-state index contributed by atoms with van der Waals surface area (Å²) in [6.07, 6.45) is 2.92. The fourth-order valence-electron chi connectivity index (χ4n) is 3.56. The van der Waals surface area contributed by atoms with Crippen LogP contribution in [0.1, 0.15) is 34.6 Å². The number of nitrogens with one attached hydrogen (secondary N) is 2. The summed E-state index contributed by atoms with van der Waals surface area (Å²) in [6.45, 7) is 1.88. The SMILES string of the molecule is CNC(=O)c1c(-c2ccccc2)c([C@@H](C)Nc2ncnc(N)c2C#N)nc2cccnc12. The Bertz CT molecular complexity index is 1350. The number of aromatic nitrogens is 4. The summed E-state index contributed by atoms with van der Waals surface area (Å²) in [4.78, 5) is 30.3. The van der Waals surface area contributed by atoms with Crippen LogP contribution in [0.5, 0.6) is 0 Å². The van der Waals surface area contributed by atoms with Crippen LogP contribution in [0.3, 0.4) is 0 Å². The number of benzene rings is 1. The topological polar surface area (TPSA) is 142 Å². The van der Waals surface area contributed by atoms with Crippen molar-refractivity contribution in [2.45, 2.75) is 13.0 Å². The van der Waals surface area contributed by atoms with Crippen LogP contribution in [0.4, 0.5) is 11.6 Å². The van der Waals surface area contributed by atoms with Gasteiger partial charge in [0.15, 0.2) is 0 Å². The molecule has 1 aromatic carbocycles. The maximum atomic E-state index is 13.0. The van der Waals surface area contributed by atoms with Gasteiger partial charge in [0.2, 0.25) is 0 Å². The van der Waals surface area contributed by atoms with Crippen molar-refractivity contribution < 1.29 is 4.79 Å². The fourth-order valence-corrected chi connectivity index (χ4v) is 3.56. The minimum atomic E-state index is -0.431. The Morgan fingerprint density at radius 1 is 1.12 bits per heavy atom. The molecule has 9 heteroatoms. The first-order valence-electron chi connectivity index (χ1n) is 9.88. The molecule has 0 saturated carbocycles. The predicted molar refractivity (Wildman–Crippen MR) is 122 cm³/mol. The summed E-state index contributed by atoms with van der Waals surface area (Å²) >= 11 is 0. The summed E-state index contributed by atoms with van der Waals surface area (Å²) in [5.74, 6) is 0.107. The second-order valence-corrected chi connectivity index (χ2v) is 7.02. The fraction of sp³-hybridized carbons (Fsp3) is 0.130. The third-order valence-electron chi connectivity index (χ3n) is 5.04. The lowest BCUT2D eigenvalue weighted by atomic mass is 9.93. The number of nitrogen functional groups attached to an aromatic ring is 1. The van der Waals surface area contributed by atoms with Gasteiger partial charge in [-0.3, -0.25) is 9.78 Å². The molecule has 9 nitrogen and oxygen atoms in total. The van der Waals surface area contributed by atoms with Gasteiger partial charge in [-0.2, -0.15) is 5.26 Å². The third kappa shape index (κ3) is 3.65. The largest absolute Gasteiger partial charge is 0.382 e. The van der Waals surface area contributed by atoms with Gasteiger partial charge in [-0.15, -0.1) is 0 Å². The molecule has 0 unspecified atom stereocenters. The number of hydrogen-bond donors (Lipinski definition) is 3. The number of pyridine rings is 2. The van der Waals surface area contributed by atoms with E-state index in [1.54, 1.807) is 19.3 Å². The number of hydrogen-bond acceptors (Lipinski definition) is 8. The molecule has 4 rings (SSSR count). The molecule has 158 valence electrons. The van der Waals surface area contributed by atoms with E-state index in [4.69, 9.17) is 10.7 Å². The predicted octanol–water partition coefficient (Wildman–Crippen LogP) is 3.07. The van der Waals surface area contributed by atoms with Crippen molar-refractivity contribution in [3.05, 3.63) is 71.8 Å². The molecule has 0 spiro atoms. The monoisotopic (exact) mass is 424 g/mol. The Morgan fingerprint density at radius 2 is 1.91 bits per heavy atom. The Labute approximate surface area is 184 Å². The molecule has 4 N–H and O–H groups in total. The van der Waals surface area contributed by atoms with Crippen LogP contribution in [0.15, 0.2) is 55.0 Å². The van der Waals surface area contributed by atoms with Crippen molar-refractivity contribution in [2.75, 3.05) is 18.1 Å². The number of amides is 1. The van der Waals surface area contributed by atoms with E-state index < -0.39 is 6.04 Å². The summed E-state index contributed by atoms with van der Waals surface area (Å²) < 4.78 is 0. The average molecular weight is 424 g/mol. The zero-order chi connectivity index (χ0) is 22.7. The van der Waals surface area contributed by atoms with Crippen LogP contribution in [-0.2, 0) is 0 Å². The lowest BCUT2D eigenvalue weighted by molar-refractivity contribution is 0.0965. The van der Waals surface area contributed by atoms with Crippen molar-refractivity contribution in [1.82, 2.24) is 25.3 Å². The van der Waals surface area contributed by atoms with Crippen LogP contribution in [0.25, 0.3) is 22.2 Å². The standard InChI is InChI=1S/C23H20N8O/c1-13(30-22-15(11-24)21(25)28-12-29-22)19-17(14-7-4-3-5-8-14)18(23(32)26-2)20-16(31-19)9-6-10-27-20/h3-10,12-13H,1-2H3,(H,26,32)(H3,25,28,29,30)/t13-/m1/s1. The van der Waals surface area contributed by atoms with E-state index in [9.17, 15) is 10.1 Å². The van der Waals surface area contributed by atoms with Crippen molar-refractivity contribution in [3.8, 4) is 17.2 Å². The molecule has 0 radical (unpaired) electrons. The number of nitrogens with two attached hydrogens (primary N) is 1. The van der Waals surface area contributed by atoms with E-state index in [-0.39, 0.29) is 17.3 Å². The molecule has 0 aliphatic rings. The van der Waals surface area contributed by atoms with E-state index in [1.807, 2.05) is 49.4 Å². The summed E-state index contributed by atoms with van der Waals surface area (Å²) in [5, 5.41) is 15.4. The Morgan fingerprint density at radius 3 is 2.62 bits per heavy atom. The van der Waals surface area contributed by atoms with Gasteiger partial charge < -0.3 is 16.4 Å². The van der Waals surface area contributed by atoms with Crippen molar-refractivity contribution >= 4 is 28.6 Å². The first kappa shape index (κ1) is 20.7. The van der Waals surface area contributed by atoms with Gasteiger partial charge in [-0.1, -0.05) is 30.3 Å².